The van der Waals surface area contributed by atoms with E-state index in [1.807, 2.05) is 25.1 Å². The van der Waals surface area contributed by atoms with Crippen molar-refractivity contribution in [2.75, 3.05) is 7.11 Å². The van der Waals surface area contributed by atoms with Gasteiger partial charge in [0.25, 0.3) is 0 Å². The Kier molecular flexibility index (Phi) is 3.69. The van der Waals surface area contributed by atoms with Gasteiger partial charge in [0, 0.05) is 19.5 Å². The summed E-state index contributed by atoms with van der Waals surface area (Å²) in [6.45, 7) is 4.11. The van der Waals surface area contributed by atoms with Crippen LogP contribution in [0.5, 0.6) is 5.88 Å². The normalized spacial score (nSPS) is 10.5. The highest BCUT2D eigenvalue weighted by atomic mass is 16.5. The Morgan fingerprint density at radius 2 is 2.00 bits per heavy atom. The maximum atomic E-state index is 12.2. The Hall–Kier alpha value is -2.10. The predicted molar refractivity (Wildman–Crippen MR) is 73.7 cm³/mol. The smallest absolute Gasteiger partial charge is 0.211 e. The molecule has 0 unspecified atom stereocenters. The number of ether oxygens (including phenoxy) is 1. The van der Waals surface area contributed by atoms with E-state index in [-0.39, 0.29) is 5.78 Å². The number of benzene rings is 1. The third kappa shape index (κ3) is 2.84. The van der Waals surface area contributed by atoms with Gasteiger partial charge in [0.05, 0.1) is 7.11 Å². The van der Waals surface area contributed by atoms with Crippen molar-refractivity contribution in [2.45, 2.75) is 20.3 Å². The minimum absolute atomic E-state index is 0.00199. The number of hydrogen-bond acceptors (Lipinski definition) is 3. The predicted octanol–water partition coefficient (Wildman–Crippen LogP) is 2.47. The lowest BCUT2D eigenvalue weighted by Crippen LogP contribution is -2.05. The molecular weight excluding hydrogens is 240 g/mol. The molecule has 100 valence electrons. The van der Waals surface area contributed by atoms with Crippen LogP contribution in [0.25, 0.3) is 0 Å². The van der Waals surface area contributed by atoms with Gasteiger partial charge < -0.3 is 4.74 Å². The summed E-state index contributed by atoms with van der Waals surface area (Å²) < 4.78 is 6.67. The SMILES string of the molecule is COc1cc(C(=O)Cc2ccc(C)c(C)c2)nn1C. The second kappa shape index (κ2) is 5.26. The van der Waals surface area contributed by atoms with E-state index in [0.717, 1.165) is 5.56 Å². The molecule has 19 heavy (non-hydrogen) atoms. The van der Waals surface area contributed by atoms with Gasteiger partial charge in [-0.1, -0.05) is 18.2 Å². The summed E-state index contributed by atoms with van der Waals surface area (Å²) in [7, 11) is 3.32. The number of carbonyl (C=O) groups is 1. The van der Waals surface area contributed by atoms with Gasteiger partial charge in [0.2, 0.25) is 5.88 Å². The lowest BCUT2D eigenvalue weighted by molar-refractivity contribution is 0.0987. The van der Waals surface area contributed by atoms with Crippen molar-refractivity contribution in [1.29, 1.82) is 0 Å². The summed E-state index contributed by atoms with van der Waals surface area (Å²) >= 11 is 0. The van der Waals surface area contributed by atoms with Crippen LogP contribution in [0, 0.1) is 13.8 Å². The molecule has 0 aliphatic rings. The van der Waals surface area contributed by atoms with Crippen molar-refractivity contribution in [3.63, 3.8) is 0 Å². The number of rotatable bonds is 4. The quantitative estimate of drug-likeness (QED) is 0.791. The number of carbonyl (C=O) groups excluding carboxylic acids is 1. The zero-order chi connectivity index (χ0) is 14.0. The number of ketones is 1. The van der Waals surface area contributed by atoms with Crippen molar-refractivity contribution >= 4 is 5.78 Å². The van der Waals surface area contributed by atoms with Gasteiger partial charge in [-0.15, -0.1) is 0 Å². The van der Waals surface area contributed by atoms with E-state index in [1.54, 1.807) is 24.9 Å². The van der Waals surface area contributed by atoms with Crippen LogP contribution in [-0.2, 0) is 13.5 Å². The van der Waals surface area contributed by atoms with E-state index in [4.69, 9.17) is 4.74 Å². The highest BCUT2D eigenvalue weighted by molar-refractivity contribution is 5.96. The van der Waals surface area contributed by atoms with Crippen molar-refractivity contribution in [3.8, 4) is 5.88 Å². The molecule has 2 rings (SSSR count). The van der Waals surface area contributed by atoms with Crippen molar-refractivity contribution in [3.05, 3.63) is 46.6 Å². The fourth-order valence-electron chi connectivity index (χ4n) is 1.97. The van der Waals surface area contributed by atoms with Crippen LogP contribution in [0.3, 0.4) is 0 Å². The fourth-order valence-corrected chi connectivity index (χ4v) is 1.97. The molecule has 1 aromatic carbocycles. The largest absolute Gasteiger partial charge is 0.481 e. The molecule has 0 fully saturated rings. The van der Waals surface area contributed by atoms with Crippen molar-refractivity contribution < 1.29 is 9.53 Å². The van der Waals surface area contributed by atoms with Crippen LogP contribution in [0.1, 0.15) is 27.2 Å². The molecule has 0 bridgehead atoms. The first-order valence-corrected chi connectivity index (χ1v) is 6.18. The second-order valence-corrected chi connectivity index (χ2v) is 4.71. The van der Waals surface area contributed by atoms with E-state index < -0.39 is 0 Å². The third-order valence-corrected chi connectivity index (χ3v) is 3.27. The monoisotopic (exact) mass is 258 g/mol. The number of aryl methyl sites for hydroxylation is 3. The molecule has 1 aromatic heterocycles. The summed E-state index contributed by atoms with van der Waals surface area (Å²) in [5.41, 5.74) is 3.88. The standard InChI is InChI=1S/C15H18N2O2/c1-10-5-6-12(7-11(10)2)8-14(18)13-9-15(19-4)17(3)16-13/h5-7,9H,8H2,1-4H3. The van der Waals surface area contributed by atoms with E-state index in [9.17, 15) is 4.79 Å². The lowest BCUT2D eigenvalue weighted by atomic mass is 10.0. The first-order valence-electron chi connectivity index (χ1n) is 6.18. The highest BCUT2D eigenvalue weighted by Crippen LogP contribution is 2.15. The molecular formula is C15H18N2O2. The Balaban J connectivity index is 2.18. The Labute approximate surface area is 113 Å². The Bertz CT molecular complexity index is 615. The first-order chi connectivity index (χ1) is 9.01. The summed E-state index contributed by atoms with van der Waals surface area (Å²) in [6.07, 6.45) is 0.362. The van der Waals surface area contributed by atoms with Gasteiger partial charge in [-0.2, -0.15) is 5.10 Å². The number of hydrogen-bond donors (Lipinski definition) is 0. The Morgan fingerprint density at radius 1 is 1.26 bits per heavy atom. The van der Waals surface area contributed by atoms with Crippen LogP contribution < -0.4 is 4.74 Å². The van der Waals surface area contributed by atoms with Gasteiger partial charge in [0.1, 0.15) is 5.69 Å². The summed E-state index contributed by atoms with van der Waals surface area (Å²) in [4.78, 5) is 12.2. The van der Waals surface area contributed by atoms with Gasteiger partial charge in [-0.25, -0.2) is 4.68 Å². The average Bonchev–Trinajstić information content (AvgIpc) is 2.75. The van der Waals surface area contributed by atoms with Gasteiger partial charge >= 0.3 is 0 Å². The summed E-state index contributed by atoms with van der Waals surface area (Å²) in [5, 5.41) is 4.16. The molecule has 0 radical (unpaired) electrons. The summed E-state index contributed by atoms with van der Waals surface area (Å²) in [5.74, 6) is 0.589. The molecule has 4 nitrogen and oxygen atoms in total. The lowest BCUT2D eigenvalue weighted by Gasteiger charge is -2.03. The fraction of sp³-hybridized carbons (Fsp3) is 0.333. The average molecular weight is 258 g/mol. The molecule has 0 N–H and O–H groups in total. The van der Waals surface area contributed by atoms with Crippen molar-refractivity contribution in [1.82, 2.24) is 9.78 Å². The topological polar surface area (TPSA) is 44.1 Å². The minimum atomic E-state index is 0.00199. The Morgan fingerprint density at radius 3 is 2.58 bits per heavy atom. The number of aromatic nitrogens is 2. The molecule has 0 aliphatic heterocycles. The molecule has 0 spiro atoms. The second-order valence-electron chi connectivity index (χ2n) is 4.71. The molecule has 4 heteroatoms. The summed E-state index contributed by atoms with van der Waals surface area (Å²) in [6, 6.07) is 7.74. The molecule has 0 atom stereocenters. The van der Waals surface area contributed by atoms with E-state index >= 15 is 0 Å². The zero-order valence-corrected chi connectivity index (χ0v) is 11.7. The van der Waals surface area contributed by atoms with Gasteiger partial charge in [0.15, 0.2) is 5.78 Å². The third-order valence-electron chi connectivity index (χ3n) is 3.27. The molecule has 0 aliphatic carbocycles. The van der Waals surface area contributed by atoms with Crippen LogP contribution in [0.15, 0.2) is 24.3 Å². The van der Waals surface area contributed by atoms with E-state index in [0.29, 0.717) is 18.0 Å². The van der Waals surface area contributed by atoms with Crippen LogP contribution in [0.2, 0.25) is 0 Å². The molecule has 0 saturated carbocycles. The van der Waals surface area contributed by atoms with Gasteiger partial charge in [-0.3, -0.25) is 4.79 Å². The molecule has 1 heterocycles. The van der Waals surface area contributed by atoms with E-state index in [2.05, 4.69) is 12.0 Å². The maximum absolute atomic E-state index is 12.2. The highest BCUT2D eigenvalue weighted by Gasteiger charge is 2.13. The first kappa shape index (κ1) is 13.3. The maximum Gasteiger partial charge on any atom is 0.211 e. The van der Waals surface area contributed by atoms with Crippen LogP contribution in [-0.4, -0.2) is 22.7 Å². The van der Waals surface area contributed by atoms with Crippen LogP contribution in [0.4, 0.5) is 0 Å². The molecule has 2 aromatic rings. The van der Waals surface area contributed by atoms with Gasteiger partial charge in [-0.05, 0) is 30.5 Å². The zero-order valence-electron chi connectivity index (χ0n) is 11.7. The number of methoxy groups -OCH3 is 1. The number of nitrogens with zero attached hydrogens (tertiary/aromatic N) is 2. The van der Waals surface area contributed by atoms with Crippen molar-refractivity contribution in [2.24, 2.45) is 7.05 Å². The minimum Gasteiger partial charge on any atom is -0.481 e. The van der Waals surface area contributed by atoms with E-state index in [1.165, 1.54) is 11.1 Å². The van der Waals surface area contributed by atoms with Crippen LogP contribution >= 0.6 is 0 Å². The molecule has 0 amide bonds. The number of Topliss-reactive ketones (excluding diaryl/α,β-unsaturated/α-hetero) is 1. The molecule has 0 saturated heterocycles.